The monoisotopic (exact) mass is 255 g/mol. The van der Waals surface area contributed by atoms with E-state index >= 15 is 0 Å². The average molecular weight is 256 g/mol. The van der Waals surface area contributed by atoms with E-state index in [2.05, 4.69) is 5.32 Å². The van der Waals surface area contributed by atoms with Crippen molar-refractivity contribution in [1.82, 2.24) is 5.32 Å². The van der Waals surface area contributed by atoms with Crippen LogP contribution >= 0.6 is 11.6 Å². The molecule has 1 aromatic rings. The molecule has 0 saturated carbocycles. The van der Waals surface area contributed by atoms with Gasteiger partial charge in [-0.25, -0.2) is 4.79 Å². The Bertz CT molecular complexity index is 443. The minimum atomic E-state index is -1.06. The molecule has 0 fully saturated rings. The zero-order chi connectivity index (χ0) is 13.0. The molecule has 4 nitrogen and oxygen atoms in total. The molecule has 0 bridgehead atoms. The van der Waals surface area contributed by atoms with E-state index in [0.29, 0.717) is 6.54 Å². The van der Waals surface area contributed by atoms with Crippen LogP contribution in [0.5, 0.6) is 0 Å². The second-order valence-electron chi connectivity index (χ2n) is 3.99. The minimum absolute atomic E-state index is 0.0524. The molecule has 1 amide bonds. The maximum absolute atomic E-state index is 11.3. The van der Waals surface area contributed by atoms with Crippen LogP contribution in [0.25, 0.3) is 0 Å². The quantitative estimate of drug-likeness (QED) is 0.868. The van der Waals surface area contributed by atoms with E-state index in [4.69, 9.17) is 16.7 Å². The van der Waals surface area contributed by atoms with Gasteiger partial charge in [-0.1, -0.05) is 31.5 Å². The van der Waals surface area contributed by atoms with Crippen LogP contribution in [0.4, 0.5) is 0 Å². The molecule has 0 spiro atoms. The Kier molecular flexibility index (Phi) is 4.52. The molecule has 5 heteroatoms. The van der Waals surface area contributed by atoms with Crippen molar-refractivity contribution >= 4 is 23.5 Å². The molecule has 0 aliphatic carbocycles. The number of halogens is 1. The van der Waals surface area contributed by atoms with Gasteiger partial charge in [0.05, 0.1) is 10.6 Å². The Balaban J connectivity index is 2.71. The lowest BCUT2D eigenvalue weighted by Crippen LogP contribution is -2.27. The molecule has 0 aliphatic heterocycles. The number of carboxylic acids is 1. The van der Waals surface area contributed by atoms with Crippen LogP contribution in [0, 0.1) is 5.92 Å². The van der Waals surface area contributed by atoms with E-state index in [-0.39, 0.29) is 22.4 Å². The highest BCUT2D eigenvalue weighted by Crippen LogP contribution is 2.17. The molecule has 0 heterocycles. The third-order valence-corrected chi connectivity index (χ3v) is 2.57. The summed E-state index contributed by atoms with van der Waals surface area (Å²) in [4.78, 5) is 22.1. The standard InChI is InChI=1S/C12H14ClNO3/c1-7(2)11(15)14-6-8-3-4-9(12(16)17)10(13)5-8/h3-5,7H,6H2,1-2H3,(H,14,15)(H,16,17). The minimum Gasteiger partial charge on any atom is -0.478 e. The molecule has 0 atom stereocenters. The number of nitrogens with one attached hydrogen (secondary N) is 1. The highest BCUT2D eigenvalue weighted by molar-refractivity contribution is 6.33. The van der Waals surface area contributed by atoms with E-state index in [1.165, 1.54) is 6.07 Å². The predicted molar refractivity (Wildman–Crippen MR) is 65.1 cm³/mol. The van der Waals surface area contributed by atoms with E-state index in [1.54, 1.807) is 26.0 Å². The normalized spacial score (nSPS) is 10.4. The SMILES string of the molecule is CC(C)C(=O)NCc1ccc(C(=O)O)c(Cl)c1. The number of carbonyl (C=O) groups excluding carboxylic acids is 1. The Labute approximate surface area is 105 Å². The Morgan fingerprint density at radius 1 is 1.41 bits per heavy atom. The number of amides is 1. The number of carboxylic acid groups (broad SMARTS) is 1. The summed E-state index contributed by atoms with van der Waals surface area (Å²) in [6.07, 6.45) is 0. The summed E-state index contributed by atoms with van der Waals surface area (Å²) >= 11 is 5.81. The largest absolute Gasteiger partial charge is 0.478 e. The third kappa shape index (κ3) is 3.75. The van der Waals surface area contributed by atoms with Crippen LogP contribution in [0.1, 0.15) is 29.8 Å². The number of rotatable bonds is 4. The van der Waals surface area contributed by atoms with Crippen LogP contribution in [-0.4, -0.2) is 17.0 Å². The Morgan fingerprint density at radius 2 is 2.06 bits per heavy atom. The first-order valence-corrected chi connectivity index (χ1v) is 5.59. The fourth-order valence-corrected chi connectivity index (χ4v) is 1.52. The summed E-state index contributed by atoms with van der Waals surface area (Å²) in [6.45, 7) is 3.95. The van der Waals surface area contributed by atoms with Gasteiger partial charge in [-0.15, -0.1) is 0 Å². The van der Waals surface area contributed by atoms with E-state index in [9.17, 15) is 9.59 Å². The second kappa shape index (κ2) is 5.68. The number of carbonyl (C=O) groups is 2. The van der Waals surface area contributed by atoms with Gasteiger partial charge in [-0.3, -0.25) is 4.79 Å². The second-order valence-corrected chi connectivity index (χ2v) is 4.40. The molecule has 92 valence electrons. The summed E-state index contributed by atoms with van der Waals surface area (Å²) in [5, 5.41) is 11.7. The van der Waals surface area contributed by atoms with Crippen molar-refractivity contribution in [2.75, 3.05) is 0 Å². The van der Waals surface area contributed by atoms with Gasteiger partial charge in [0.2, 0.25) is 5.91 Å². The van der Waals surface area contributed by atoms with E-state index < -0.39 is 5.97 Å². The number of hydrogen-bond donors (Lipinski definition) is 2. The average Bonchev–Trinajstić information content (AvgIpc) is 2.25. The maximum atomic E-state index is 11.3. The highest BCUT2D eigenvalue weighted by Gasteiger charge is 2.10. The molecular formula is C12H14ClNO3. The first-order valence-electron chi connectivity index (χ1n) is 5.21. The Morgan fingerprint density at radius 3 is 2.53 bits per heavy atom. The molecule has 2 N–H and O–H groups in total. The zero-order valence-electron chi connectivity index (χ0n) is 9.66. The third-order valence-electron chi connectivity index (χ3n) is 2.26. The fraction of sp³-hybridized carbons (Fsp3) is 0.333. The molecule has 1 rings (SSSR count). The lowest BCUT2D eigenvalue weighted by molar-refractivity contribution is -0.124. The topological polar surface area (TPSA) is 66.4 Å². The van der Waals surface area contributed by atoms with E-state index in [1.807, 2.05) is 0 Å². The molecule has 0 saturated heterocycles. The Hall–Kier alpha value is -1.55. The van der Waals surface area contributed by atoms with Crippen LogP contribution in [0.3, 0.4) is 0 Å². The number of aromatic carboxylic acids is 1. The van der Waals surface area contributed by atoms with Gasteiger partial charge in [0.25, 0.3) is 0 Å². The van der Waals surface area contributed by atoms with Crippen LogP contribution < -0.4 is 5.32 Å². The van der Waals surface area contributed by atoms with Gasteiger partial charge in [0.15, 0.2) is 0 Å². The number of benzene rings is 1. The molecule has 17 heavy (non-hydrogen) atoms. The van der Waals surface area contributed by atoms with Gasteiger partial charge in [0, 0.05) is 12.5 Å². The van der Waals surface area contributed by atoms with Gasteiger partial charge in [-0.05, 0) is 17.7 Å². The van der Waals surface area contributed by atoms with Crippen molar-refractivity contribution in [1.29, 1.82) is 0 Å². The molecule has 1 aromatic carbocycles. The lowest BCUT2D eigenvalue weighted by atomic mass is 10.1. The summed E-state index contributed by atoms with van der Waals surface area (Å²) in [6, 6.07) is 4.61. The zero-order valence-corrected chi connectivity index (χ0v) is 10.4. The van der Waals surface area contributed by atoms with Crippen LogP contribution in [0.2, 0.25) is 5.02 Å². The lowest BCUT2D eigenvalue weighted by Gasteiger charge is -2.08. The first kappa shape index (κ1) is 13.5. The maximum Gasteiger partial charge on any atom is 0.337 e. The van der Waals surface area contributed by atoms with Crippen molar-refractivity contribution in [2.45, 2.75) is 20.4 Å². The van der Waals surface area contributed by atoms with Crippen LogP contribution in [0.15, 0.2) is 18.2 Å². The van der Waals surface area contributed by atoms with Crippen molar-refractivity contribution in [2.24, 2.45) is 5.92 Å². The summed E-state index contributed by atoms with van der Waals surface area (Å²) in [5.41, 5.74) is 0.833. The molecule has 0 unspecified atom stereocenters. The van der Waals surface area contributed by atoms with Crippen molar-refractivity contribution in [3.05, 3.63) is 34.3 Å². The predicted octanol–water partition coefficient (Wildman–Crippen LogP) is 2.31. The van der Waals surface area contributed by atoms with Crippen molar-refractivity contribution < 1.29 is 14.7 Å². The highest BCUT2D eigenvalue weighted by atomic mass is 35.5. The smallest absolute Gasteiger partial charge is 0.337 e. The van der Waals surface area contributed by atoms with Crippen LogP contribution in [-0.2, 0) is 11.3 Å². The molecular weight excluding hydrogens is 242 g/mol. The summed E-state index contributed by atoms with van der Waals surface area (Å²) < 4.78 is 0. The summed E-state index contributed by atoms with van der Waals surface area (Å²) in [5.74, 6) is -1.19. The molecule has 0 aromatic heterocycles. The molecule has 0 radical (unpaired) electrons. The number of hydrogen-bond acceptors (Lipinski definition) is 2. The van der Waals surface area contributed by atoms with Gasteiger partial charge < -0.3 is 10.4 Å². The van der Waals surface area contributed by atoms with Crippen molar-refractivity contribution in [3.8, 4) is 0 Å². The van der Waals surface area contributed by atoms with Gasteiger partial charge in [-0.2, -0.15) is 0 Å². The molecule has 0 aliphatic rings. The van der Waals surface area contributed by atoms with Crippen molar-refractivity contribution in [3.63, 3.8) is 0 Å². The van der Waals surface area contributed by atoms with Gasteiger partial charge >= 0.3 is 5.97 Å². The summed E-state index contributed by atoms with van der Waals surface area (Å²) in [7, 11) is 0. The van der Waals surface area contributed by atoms with Gasteiger partial charge in [0.1, 0.15) is 0 Å². The van der Waals surface area contributed by atoms with E-state index in [0.717, 1.165) is 5.56 Å². The first-order chi connectivity index (χ1) is 7.91. The fourth-order valence-electron chi connectivity index (χ4n) is 1.24.